The van der Waals surface area contributed by atoms with E-state index in [0.29, 0.717) is 10.7 Å². The maximum atomic E-state index is 12.7. The van der Waals surface area contributed by atoms with Crippen LogP contribution in [0.5, 0.6) is 0 Å². The van der Waals surface area contributed by atoms with E-state index in [4.69, 9.17) is 16.7 Å². The molecule has 0 aromatic heterocycles. The third-order valence-corrected chi connectivity index (χ3v) is 5.07. The number of carboxylic acid groups (broad SMARTS) is 1. The standard InChI is InChI=1S/C14H16ClNO3S/c1-14(6-3-7-20-14)13(19)16(9-12(17)18)11-5-2-4-10(15)8-11/h2,4-5,8H,3,6-7,9H2,1H3,(H,17,18). The Morgan fingerprint density at radius 1 is 1.50 bits per heavy atom. The van der Waals surface area contributed by atoms with Crippen molar-refractivity contribution in [2.45, 2.75) is 24.5 Å². The first-order chi connectivity index (χ1) is 9.42. The zero-order chi connectivity index (χ0) is 14.8. The lowest BCUT2D eigenvalue weighted by Crippen LogP contribution is -2.46. The first kappa shape index (κ1) is 15.2. The van der Waals surface area contributed by atoms with Crippen molar-refractivity contribution in [1.29, 1.82) is 0 Å². The number of carboxylic acids is 1. The molecule has 1 heterocycles. The summed E-state index contributed by atoms with van der Waals surface area (Å²) < 4.78 is -0.544. The first-order valence-electron chi connectivity index (χ1n) is 6.36. The molecular weight excluding hydrogens is 298 g/mol. The molecule has 1 aromatic carbocycles. The Kier molecular flexibility index (Phi) is 4.60. The van der Waals surface area contributed by atoms with Crippen LogP contribution < -0.4 is 4.90 Å². The average molecular weight is 314 g/mol. The number of benzene rings is 1. The van der Waals surface area contributed by atoms with E-state index in [1.54, 1.807) is 36.0 Å². The minimum atomic E-state index is -1.04. The molecule has 1 atom stereocenters. The van der Waals surface area contributed by atoms with Crippen LogP contribution >= 0.6 is 23.4 Å². The predicted octanol–water partition coefficient (Wildman–Crippen LogP) is 3.04. The molecule has 1 saturated heterocycles. The second-order valence-electron chi connectivity index (χ2n) is 4.95. The molecule has 6 heteroatoms. The molecule has 0 saturated carbocycles. The fourth-order valence-electron chi connectivity index (χ4n) is 2.29. The summed E-state index contributed by atoms with van der Waals surface area (Å²) in [5.74, 6) is -0.270. The van der Waals surface area contributed by atoms with Crippen LogP contribution in [0.2, 0.25) is 5.02 Å². The zero-order valence-electron chi connectivity index (χ0n) is 11.1. The van der Waals surface area contributed by atoms with Crippen molar-refractivity contribution < 1.29 is 14.7 Å². The minimum absolute atomic E-state index is 0.162. The van der Waals surface area contributed by atoms with Crippen molar-refractivity contribution in [3.8, 4) is 0 Å². The molecule has 0 spiro atoms. The van der Waals surface area contributed by atoms with Crippen molar-refractivity contribution in [2.24, 2.45) is 0 Å². The van der Waals surface area contributed by atoms with Crippen LogP contribution in [-0.4, -0.2) is 34.0 Å². The second-order valence-corrected chi connectivity index (χ2v) is 6.98. The highest BCUT2D eigenvalue weighted by Crippen LogP contribution is 2.40. The van der Waals surface area contributed by atoms with Crippen LogP contribution in [0, 0.1) is 0 Å². The number of anilines is 1. The van der Waals surface area contributed by atoms with Gasteiger partial charge in [0, 0.05) is 10.7 Å². The summed E-state index contributed by atoms with van der Waals surface area (Å²) in [5.41, 5.74) is 0.527. The Labute approximate surface area is 127 Å². The fourth-order valence-corrected chi connectivity index (χ4v) is 3.74. The molecule has 0 aliphatic carbocycles. The Balaban J connectivity index is 2.32. The van der Waals surface area contributed by atoms with Crippen LogP contribution in [0.1, 0.15) is 19.8 Å². The Morgan fingerprint density at radius 2 is 2.25 bits per heavy atom. The minimum Gasteiger partial charge on any atom is -0.480 e. The maximum Gasteiger partial charge on any atom is 0.323 e. The van der Waals surface area contributed by atoms with E-state index in [2.05, 4.69) is 0 Å². The summed E-state index contributed by atoms with van der Waals surface area (Å²) in [6, 6.07) is 6.73. The van der Waals surface area contributed by atoms with E-state index in [0.717, 1.165) is 18.6 Å². The third-order valence-electron chi connectivity index (χ3n) is 3.33. The van der Waals surface area contributed by atoms with Gasteiger partial charge in [-0.3, -0.25) is 14.5 Å². The summed E-state index contributed by atoms with van der Waals surface area (Å²) >= 11 is 7.52. The number of rotatable bonds is 4. The molecule has 1 aliphatic heterocycles. The van der Waals surface area contributed by atoms with Crippen LogP contribution in [0.15, 0.2) is 24.3 Å². The van der Waals surface area contributed by atoms with Crippen molar-refractivity contribution >= 4 is 40.9 Å². The SMILES string of the molecule is CC1(C(=O)N(CC(=O)O)c2cccc(Cl)c2)CCCS1. The van der Waals surface area contributed by atoms with Crippen LogP contribution in [-0.2, 0) is 9.59 Å². The monoisotopic (exact) mass is 313 g/mol. The lowest BCUT2D eigenvalue weighted by Gasteiger charge is -2.30. The molecule has 1 aliphatic rings. The van der Waals surface area contributed by atoms with Gasteiger partial charge in [-0.25, -0.2) is 0 Å². The normalized spacial score (nSPS) is 21.7. The number of nitrogens with zero attached hydrogens (tertiary/aromatic N) is 1. The fraction of sp³-hybridized carbons (Fsp3) is 0.429. The summed E-state index contributed by atoms with van der Waals surface area (Å²) in [5, 5.41) is 9.54. The number of amides is 1. The Bertz CT molecular complexity index is 529. The van der Waals surface area contributed by atoms with Gasteiger partial charge in [-0.1, -0.05) is 17.7 Å². The van der Waals surface area contributed by atoms with E-state index >= 15 is 0 Å². The molecule has 4 nitrogen and oxygen atoms in total. The van der Waals surface area contributed by atoms with E-state index in [1.165, 1.54) is 4.90 Å². The number of halogens is 1. The molecule has 1 unspecified atom stereocenters. The molecule has 1 aromatic rings. The van der Waals surface area contributed by atoms with Gasteiger partial charge in [0.05, 0.1) is 4.75 Å². The van der Waals surface area contributed by atoms with Gasteiger partial charge in [0.15, 0.2) is 0 Å². The van der Waals surface area contributed by atoms with Gasteiger partial charge in [-0.05, 0) is 43.7 Å². The number of aliphatic carboxylic acids is 1. The van der Waals surface area contributed by atoms with Crippen molar-refractivity contribution in [3.63, 3.8) is 0 Å². The lowest BCUT2D eigenvalue weighted by molar-refractivity contribution is -0.136. The lowest BCUT2D eigenvalue weighted by atomic mass is 10.0. The number of carbonyl (C=O) groups is 2. The number of hydrogen-bond donors (Lipinski definition) is 1. The highest BCUT2D eigenvalue weighted by Gasteiger charge is 2.41. The summed E-state index contributed by atoms with van der Waals surface area (Å²) in [7, 11) is 0. The van der Waals surface area contributed by atoms with Crippen LogP contribution in [0.25, 0.3) is 0 Å². The van der Waals surface area contributed by atoms with Gasteiger partial charge < -0.3 is 5.11 Å². The topological polar surface area (TPSA) is 57.6 Å². The number of carbonyl (C=O) groups excluding carboxylic acids is 1. The van der Waals surface area contributed by atoms with Gasteiger partial charge in [0.25, 0.3) is 0 Å². The molecule has 1 N–H and O–H groups in total. The summed E-state index contributed by atoms with van der Waals surface area (Å²) in [4.78, 5) is 25.1. The number of thioether (sulfide) groups is 1. The molecule has 2 rings (SSSR count). The third kappa shape index (κ3) is 3.27. The number of hydrogen-bond acceptors (Lipinski definition) is 3. The maximum absolute atomic E-state index is 12.7. The molecule has 108 valence electrons. The molecule has 0 radical (unpaired) electrons. The van der Waals surface area contributed by atoms with Crippen molar-refractivity contribution in [2.75, 3.05) is 17.2 Å². The highest BCUT2D eigenvalue weighted by atomic mass is 35.5. The second kappa shape index (κ2) is 6.06. The molecular formula is C14H16ClNO3S. The molecule has 1 amide bonds. The average Bonchev–Trinajstić information content (AvgIpc) is 2.83. The van der Waals surface area contributed by atoms with E-state index in [1.807, 2.05) is 6.92 Å². The van der Waals surface area contributed by atoms with Gasteiger partial charge >= 0.3 is 5.97 Å². The predicted molar refractivity (Wildman–Crippen MR) is 81.5 cm³/mol. The summed E-state index contributed by atoms with van der Waals surface area (Å²) in [6.45, 7) is 1.53. The van der Waals surface area contributed by atoms with Gasteiger partial charge in [0.2, 0.25) is 5.91 Å². The molecule has 1 fully saturated rings. The van der Waals surface area contributed by atoms with Crippen molar-refractivity contribution in [1.82, 2.24) is 0 Å². The molecule has 20 heavy (non-hydrogen) atoms. The van der Waals surface area contributed by atoms with E-state index in [9.17, 15) is 9.59 Å². The largest absolute Gasteiger partial charge is 0.480 e. The smallest absolute Gasteiger partial charge is 0.323 e. The Morgan fingerprint density at radius 3 is 2.80 bits per heavy atom. The highest BCUT2D eigenvalue weighted by molar-refractivity contribution is 8.01. The quantitative estimate of drug-likeness (QED) is 0.928. The Hall–Kier alpha value is -1.20. The van der Waals surface area contributed by atoms with Gasteiger partial charge in [0.1, 0.15) is 6.54 Å². The van der Waals surface area contributed by atoms with E-state index in [-0.39, 0.29) is 12.5 Å². The van der Waals surface area contributed by atoms with Crippen LogP contribution in [0.3, 0.4) is 0 Å². The summed E-state index contributed by atoms with van der Waals surface area (Å²) in [6.07, 6.45) is 1.75. The van der Waals surface area contributed by atoms with Crippen LogP contribution in [0.4, 0.5) is 5.69 Å². The van der Waals surface area contributed by atoms with Gasteiger partial charge in [-0.15, -0.1) is 11.8 Å². The van der Waals surface area contributed by atoms with Gasteiger partial charge in [-0.2, -0.15) is 0 Å². The first-order valence-corrected chi connectivity index (χ1v) is 7.72. The van der Waals surface area contributed by atoms with E-state index < -0.39 is 10.7 Å². The zero-order valence-corrected chi connectivity index (χ0v) is 12.7. The van der Waals surface area contributed by atoms with Crippen molar-refractivity contribution in [3.05, 3.63) is 29.3 Å². The molecule has 0 bridgehead atoms.